The Morgan fingerprint density at radius 2 is 2.03 bits per heavy atom. The molecule has 9 nitrogen and oxygen atoms in total. The molecule has 0 radical (unpaired) electrons. The van der Waals surface area contributed by atoms with Gasteiger partial charge in [-0.1, -0.05) is 12.1 Å². The number of non-ortho nitro benzene ring substituents is 1. The number of hydrogen-bond acceptors (Lipinski definition) is 7. The SMILES string of the molecule is CCOCCCN1C(=O)C(C#N)=C(C)/C(=C\c2ccc(-c3cccc([N+](=O)[O-])c3)o2)C1=O. The van der Waals surface area contributed by atoms with Crippen LogP contribution < -0.4 is 0 Å². The lowest BCUT2D eigenvalue weighted by Gasteiger charge is -2.27. The molecule has 1 aromatic heterocycles. The van der Waals surface area contributed by atoms with Crippen LogP contribution in [-0.4, -0.2) is 41.4 Å². The fourth-order valence-electron chi connectivity index (χ4n) is 3.30. The van der Waals surface area contributed by atoms with Crippen LogP contribution in [-0.2, 0) is 14.3 Å². The summed E-state index contributed by atoms with van der Waals surface area (Å²) in [5, 5.41) is 20.5. The Kier molecular flexibility index (Phi) is 6.97. The molecule has 0 spiro atoms. The molecule has 0 bridgehead atoms. The van der Waals surface area contributed by atoms with Gasteiger partial charge < -0.3 is 9.15 Å². The molecule has 2 amide bonds. The number of imide groups is 1. The van der Waals surface area contributed by atoms with Gasteiger partial charge in [0.05, 0.1) is 4.92 Å². The first-order valence-electron chi connectivity index (χ1n) is 9.99. The number of furan rings is 1. The predicted octanol–water partition coefficient (Wildman–Crippen LogP) is 3.87. The molecule has 0 aliphatic carbocycles. The summed E-state index contributed by atoms with van der Waals surface area (Å²) >= 11 is 0. The number of nitriles is 1. The van der Waals surface area contributed by atoms with E-state index >= 15 is 0 Å². The second-order valence-corrected chi connectivity index (χ2v) is 6.99. The third kappa shape index (κ3) is 4.66. The van der Waals surface area contributed by atoms with Crippen molar-refractivity contribution in [1.82, 2.24) is 4.90 Å². The van der Waals surface area contributed by atoms with Crippen molar-refractivity contribution in [3.05, 3.63) is 69.0 Å². The molecule has 1 aromatic carbocycles. The van der Waals surface area contributed by atoms with Gasteiger partial charge in [0, 0.05) is 43.0 Å². The summed E-state index contributed by atoms with van der Waals surface area (Å²) in [6.07, 6.45) is 1.92. The number of benzene rings is 1. The second kappa shape index (κ2) is 9.85. The second-order valence-electron chi connectivity index (χ2n) is 6.99. The van der Waals surface area contributed by atoms with Crippen LogP contribution in [0.25, 0.3) is 17.4 Å². The fraction of sp³-hybridized carbons (Fsp3) is 0.261. The van der Waals surface area contributed by atoms with E-state index in [9.17, 15) is 25.0 Å². The monoisotopic (exact) mass is 435 g/mol. The van der Waals surface area contributed by atoms with E-state index in [4.69, 9.17) is 9.15 Å². The summed E-state index contributed by atoms with van der Waals surface area (Å²) in [5.74, 6) is -0.442. The summed E-state index contributed by atoms with van der Waals surface area (Å²) < 4.78 is 11.0. The number of nitro groups is 1. The average Bonchev–Trinajstić information content (AvgIpc) is 3.25. The Morgan fingerprint density at radius 3 is 2.72 bits per heavy atom. The fourth-order valence-corrected chi connectivity index (χ4v) is 3.30. The first-order chi connectivity index (χ1) is 15.4. The molecule has 3 rings (SSSR count). The zero-order chi connectivity index (χ0) is 23.3. The minimum atomic E-state index is -0.625. The van der Waals surface area contributed by atoms with Crippen molar-refractivity contribution in [2.24, 2.45) is 0 Å². The minimum Gasteiger partial charge on any atom is -0.457 e. The summed E-state index contributed by atoms with van der Waals surface area (Å²) in [7, 11) is 0. The number of carbonyl (C=O) groups is 2. The van der Waals surface area contributed by atoms with Crippen LogP contribution in [0.5, 0.6) is 0 Å². The van der Waals surface area contributed by atoms with E-state index in [1.54, 1.807) is 31.2 Å². The highest BCUT2D eigenvalue weighted by Gasteiger charge is 2.35. The molecule has 32 heavy (non-hydrogen) atoms. The topological polar surface area (TPSA) is 127 Å². The molecule has 2 heterocycles. The highest BCUT2D eigenvalue weighted by Crippen LogP contribution is 2.30. The van der Waals surface area contributed by atoms with Gasteiger partial charge in [0.1, 0.15) is 23.2 Å². The number of nitro benzene ring substituents is 1. The first kappa shape index (κ1) is 22.7. The zero-order valence-corrected chi connectivity index (χ0v) is 17.7. The molecule has 0 unspecified atom stereocenters. The number of amides is 2. The van der Waals surface area contributed by atoms with Gasteiger partial charge >= 0.3 is 0 Å². The number of nitrogens with zero attached hydrogens (tertiary/aromatic N) is 3. The third-order valence-electron chi connectivity index (χ3n) is 4.95. The standard InChI is InChI=1S/C23H21N3O6/c1-3-31-11-5-10-25-22(27)19(15(2)20(14-24)23(25)28)13-18-8-9-21(32-18)16-6-4-7-17(12-16)26(29)30/h4,6-9,12-13H,3,5,10-11H2,1-2H3/b19-13+. The lowest BCUT2D eigenvalue weighted by molar-refractivity contribution is -0.384. The van der Waals surface area contributed by atoms with E-state index in [1.165, 1.54) is 18.2 Å². The van der Waals surface area contributed by atoms with Crippen LogP contribution in [0, 0.1) is 21.4 Å². The molecule has 0 N–H and O–H groups in total. The van der Waals surface area contributed by atoms with Crippen LogP contribution in [0.3, 0.4) is 0 Å². The molecule has 0 saturated heterocycles. The lowest BCUT2D eigenvalue weighted by Crippen LogP contribution is -2.43. The first-order valence-corrected chi connectivity index (χ1v) is 9.99. The summed E-state index contributed by atoms with van der Waals surface area (Å²) in [5.41, 5.74) is 0.795. The highest BCUT2D eigenvalue weighted by atomic mass is 16.6. The van der Waals surface area contributed by atoms with Crippen molar-refractivity contribution in [3.8, 4) is 17.4 Å². The molecule has 0 atom stereocenters. The smallest absolute Gasteiger partial charge is 0.271 e. The Hall–Kier alpha value is -4.03. The quantitative estimate of drug-likeness (QED) is 0.202. The van der Waals surface area contributed by atoms with E-state index in [2.05, 4.69) is 0 Å². The Bertz CT molecular complexity index is 1170. The van der Waals surface area contributed by atoms with Gasteiger partial charge in [0.15, 0.2) is 0 Å². The van der Waals surface area contributed by atoms with Gasteiger partial charge in [-0.25, -0.2) is 0 Å². The molecular formula is C23H21N3O6. The molecule has 9 heteroatoms. The lowest BCUT2D eigenvalue weighted by atomic mass is 9.94. The number of carbonyl (C=O) groups excluding carboxylic acids is 2. The van der Waals surface area contributed by atoms with E-state index in [0.29, 0.717) is 36.7 Å². The summed E-state index contributed by atoms with van der Waals surface area (Å²) in [6.45, 7) is 4.44. The molecule has 0 fully saturated rings. The average molecular weight is 435 g/mol. The number of ether oxygens (including phenoxy) is 1. The van der Waals surface area contributed by atoms with Crippen LogP contribution >= 0.6 is 0 Å². The van der Waals surface area contributed by atoms with E-state index in [-0.39, 0.29) is 29.0 Å². The van der Waals surface area contributed by atoms with Crippen molar-refractivity contribution >= 4 is 23.6 Å². The maximum atomic E-state index is 13.0. The normalized spacial score (nSPS) is 15.4. The van der Waals surface area contributed by atoms with Crippen molar-refractivity contribution in [2.75, 3.05) is 19.8 Å². The van der Waals surface area contributed by atoms with Crippen LogP contribution in [0.4, 0.5) is 5.69 Å². The van der Waals surface area contributed by atoms with Crippen LogP contribution in [0.2, 0.25) is 0 Å². The molecular weight excluding hydrogens is 414 g/mol. The third-order valence-corrected chi connectivity index (χ3v) is 4.95. The van der Waals surface area contributed by atoms with Gasteiger partial charge in [0.25, 0.3) is 17.5 Å². The van der Waals surface area contributed by atoms with E-state index in [0.717, 1.165) is 4.90 Å². The van der Waals surface area contributed by atoms with Gasteiger partial charge in [-0.3, -0.25) is 24.6 Å². The van der Waals surface area contributed by atoms with Crippen molar-refractivity contribution in [2.45, 2.75) is 20.3 Å². The van der Waals surface area contributed by atoms with Crippen molar-refractivity contribution in [1.29, 1.82) is 5.26 Å². The Balaban J connectivity index is 1.93. The number of hydrogen-bond donors (Lipinski definition) is 0. The molecule has 2 aromatic rings. The summed E-state index contributed by atoms with van der Waals surface area (Å²) in [4.78, 5) is 37.2. The largest absolute Gasteiger partial charge is 0.457 e. The van der Waals surface area contributed by atoms with Crippen LogP contribution in [0.1, 0.15) is 26.0 Å². The van der Waals surface area contributed by atoms with E-state index in [1.807, 2.05) is 13.0 Å². The maximum absolute atomic E-state index is 13.0. The Morgan fingerprint density at radius 1 is 1.25 bits per heavy atom. The predicted molar refractivity (Wildman–Crippen MR) is 115 cm³/mol. The summed E-state index contributed by atoms with van der Waals surface area (Å²) in [6, 6.07) is 11.1. The molecule has 0 saturated carbocycles. The van der Waals surface area contributed by atoms with E-state index < -0.39 is 16.7 Å². The van der Waals surface area contributed by atoms with Gasteiger partial charge in [-0.05, 0) is 44.1 Å². The maximum Gasteiger partial charge on any atom is 0.271 e. The molecule has 1 aliphatic heterocycles. The van der Waals surface area contributed by atoms with Gasteiger partial charge in [-0.2, -0.15) is 5.26 Å². The Labute approximate surface area is 184 Å². The molecule has 164 valence electrons. The zero-order valence-electron chi connectivity index (χ0n) is 17.7. The van der Waals surface area contributed by atoms with Crippen LogP contribution in [0.15, 0.2) is 57.5 Å². The molecule has 1 aliphatic rings. The van der Waals surface area contributed by atoms with Gasteiger partial charge in [0.2, 0.25) is 0 Å². The minimum absolute atomic E-state index is 0.0695. The van der Waals surface area contributed by atoms with Gasteiger partial charge in [-0.15, -0.1) is 0 Å². The number of rotatable bonds is 8. The highest BCUT2D eigenvalue weighted by molar-refractivity contribution is 6.19. The van der Waals surface area contributed by atoms with Crippen molar-refractivity contribution < 1.29 is 23.7 Å². The van der Waals surface area contributed by atoms with Crippen molar-refractivity contribution in [3.63, 3.8) is 0 Å².